The highest BCUT2D eigenvalue weighted by Crippen LogP contribution is 2.32. The average Bonchev–Trinajstić information content (AvgIpc) is 3.38. The summed E-state index contributed by atoms with van der Waals surface area (Å²) < 4.78 is 7.19. The summed E-state index contributed by atoms with van der Waals surface area (Å²) in [6.07, 6.45) is 3.73. The molecular formula is C20H15N5OS. The van der Waals surface area contributed by atoms with Gasteiger partial charge in [-0.05, 0) is 24.3 Å². The molecule has 27 heavy (non-hydrogen) atoms. The zero-order valence-electron chi connectivity index (χ0n) is 14.5. The van der Waals surface area contributed by atoms with E-state index in [4.69, 9.17) is 10.00 Å². The zero-order chi connectivity index (χ0) is 18.6. The van der Waals surface area contributed by atoms with Gasteiger partial charge in [0, 0.05) is 16.6 Å². The van der Waals surface area contributed by atoms with E-state index in [2.05, 4.69) is 21.4 Å². The van der Waals surface area contributed by atoms with Gasteiger partial charge in [0.25, 0.3) is 0 Å². The van der Waals surface area contributed by atoms with Gasteiger partial charge in [-0.2, -0.15) is 5.26 Å². The second-order valence-electron chi connectivity index (χ2n) is 5.83. The normalized spacial score (nSPS) is 10.5. The maximum absolute atomic E-state index is 9.04. The van der Waals surface area contributed by atoms with Crippen molar-refractivity contribution in [3.8, 4) is 33.6 Å². The molecule has 132 valence electrons. The van der Waals surface area contributed by atoms with Crippen molar-refractivity contribution in [3.05, 3.63) is 71.4 Å². The van der Waals surface area contributed by atoms with E-state index >= 15 is 0 Å². The third-order valence-corrected chi connectivity index (χ3v) is 5.05. The Morgan fingerprint density at radius 1 is 1.19 bits per heavy atom. The molecule has 4 rings (SSSR count). The van der Waals surface area contributed by atoms with E-state index in [1.807, 2.05) is 48.8 Å². The summed E-state index contributed by atoms with van der Waals surface area (Å²) in [6, 6.07) is 17.3. The first kappa shape index (κ1) is 16.9. The van der Waals surface area contributed by atoms with Crippen LogP contribution in [0.15, 0.2) is 60.9 Å². The van der Waals surface area contributed by atoms with Gasteiger partial charge in [0.2, 0.25) is 0 Å². The van der Waals surface area contributed by atoms with Crippen molar-refractivity contribution in [2.45, 2.75) is 6.54 Å². The summed E-state index contributed by atoms with van der Waals surface area (Å²) in [6.45, 7) is 0.581. The second kappa shape index (κ2) is 7.40. The molecule has 0 amide bonds. The van der Waals surface area contributed by atoms with Crippen molar-refractivity contribution in [3.63, 3.8) is 0 Å². The first-order chi connectivity index (χ1) is 13.3. The van der Waals surface area contributed by atoms with Crippen LogP contribution in [0.4, 0.5) is 0 Å². The van der Waals surface area contributed by atoms with Crippen molar-refractivity contribution in [2.75, 3.05) is 7.11 Å². The molecule has 0 N–H and O–H groups in total. The van der Waals surface area contributed by atoms with Crippen molar-refractivity contribution in [1.29, 1.82) is 5.26 Å². The first-order valence-corrected chi connectivity index (χ1v) is 9.07. The molecule has 2 aromatic heterocycles. The fourth-order valence-electron chi connectivity index (χ4n) is 2.74. The molecule has 0 aliphatic rings. The van der Waals surface area contributed by atoms with E-state index in [1.54, 1.807) is 35.3 Å². The van der Waals surface area contributed by atoms with Gasteiger partial charge in [-0.15, -0.1) is 16.4 Å². The summed E-state index contributed by atoms with van der Waals surface area (Å²) >= 11 is 1.60. The van der Waals surface area contributed by atoms with Gasteiger partial charge < -0.3 is 4.74 Å². The molecule has 0 saturated heterocycles. The predicted octanol–water partition coefficient (Wildman–Crippen LogP) is 4.00. The fourth-order valence-corrected chi connectivity index (χ4v) is 3.68. The van der Waals surface area contributed by atoms with Gasteiger partial charge >= 0.3 is 0 Å². The molecule has 0 spiro atoms. The Balaban J connectivity index is 1.55. The number of nitriles is 1. The van der Waals surface area contributed by atoms with Crippen molar-refractivity contribution < 1.29 is 4.74 Å². The highest BCUT2D eigenvalue weighted by Gasteiger charge is 2.11. The standard InChI is InChI=1S/C20H15N5OS/c1-26-19-8-3-2-7-17(19)20-22-11-16(27-20)12-25-13-18(23-24-25)15-6-4-5-14(9-15)10-21/h2-9,11,13H,12H2,1H3. The van der Waals surface area contributed by atoms with Crippen LogP contribution in [0, 0.1) is 11.3 Å². The lowest BCUT2D eigenvalue weighted by molar-refractivity contribution is 0.416. The molecule has 0 radical (unpaired) electrons. The summed E-state index contributed by atoms with van der Waals surface area (Å²) in [7, 11) is 1.66. The minimum absolute atomic E-state index is 0.581. The first-order valence-electron chi connectivity index (χ1n) is 8.25. The van der Waals surface area contributed by atoms with E-state index < -0.39 is 0 Å². The number of benzene rings is 2. The smallest absolute Gasteiger partial charge is 0.129 e. The molecule has 0 unspecified atom stereocenters. The Morgan fingerprint density at radius 3 is 2.93 bits per heavy atom. The number of rotatable bonds is 5. The highest BCUT2D eigenvalue weighted by molar-refractivity contribution is 7.15. The Hall–Kier alpha value is -3.50. The van der Waals surface area contributed by atoms with Gasteiger partial charge in [-0.3, -0.25) is 0 Å². The number of hydrogen-bond donors (Lipinski definition) is 0. The number of hydrogen-bond acceptors (Lipinski definition) is 6. The van der Waals surface area contributed by atoms with Gasteiger partial charge in [-0.25, -0.2) is 9.67 Å². The van der Waals surface area contributed by atoms with Crippen molar-refractivity contribution in [2.24, 2.45) is 0 Å². The third-order valence-electron chi connectivity index (χ3n) is 4.03. The van der Waals surface area contributed by atoms with Crippen LogP contribution in [0.3, 0.4) is 0 Å². The lowest BCUT2D eigenvalue weighted by Crippen LogP contribution is -1.98. The molecule has 0 atom stereocenters. The van der Waals surface area contributed by atoms with E-state index in [0.717, 1.165) is 32.5 Å². The van der Waals surface area contributed by atoms with Crippen LogP contribution in [0.1, 0.15) is 10.4 Å². The lowest BCUT2D eigenvalue weighted by atomic mass is 10.1. The molecule has 2 heterocycles. The molecule has 0 aliphatic heterocycles. The van der Waals surface area contributed by atoms with E-state index in [0.29, 0.717) is 12.1 Å². The molecule has 0 saturated carbocycles. The maximum atomic E-state index is 9.04. The lowest BCUT2D eigenvalue weighted by Gasteiger charge is -2.04. The van der Waals surface area contributed by atoms with Gasteiger partial charge in [0.05, 0.1) is 37.0 Å². The Morgan fingerprint density at radius 2 is 2.07 bits per heavy atom. The minimum atomic E-state index is 0.581. The van der Waals surface area contributed by atoms with Crippen molar-refractivity contribution in [1.82, 2.24) is 20.0 Å². The molecule has 4 aromatic rings. The maximum Gasteiger partial charge on any atom is 0.129 e. The molecule has 0 fully saturated rings. The SMILES string of the molecule is COc1ccccc1-c1ncc(Cn2cc(-c3cccc(C#N)c3)nn2)s1. The molecule has 0 aliphatic carbocycles. The van der Waals surface area contributed by atoms with E-state index in [9.17, 15) is 0 Å². The van der Waals surface area contributed by atoms with E-state index in [1.165, 1.54) is 0 Å². The molecule has 0 bridgehead atoms. The molecule has 7 heteroatoms. The molecule has 2 aromatic carbocycles. The highest BCUT2D eigenvalue weighted by atomic mass is 32.1. The Kier molecular flexibility index (Phi) is 4.64. The average molecular weight is 373 g/mol. The second-order valence-corrected chi connectivity index (χ2v) is 6.94. The van der Waals surface area contributed by atoms with Crippen LogP contribution in [0.2, 0.25) is 0 Å². The van der Waals surface area contributed by atoms with E-state index in [-0.39, 0.29) is 0 Å². The zero-order valence-corrected chi connectivity index (χ0v) is 15.3. The fraction of sp³-hybridized carbons (Fsp3) is 0.100. The summed E-state index contributed by atoms with van der Waals surface area (Å²) in [5.41, 5.74) is 3.19. The quantitative estimate of drug-likeness (QED) is 0.528. The van der Waals surface area contributed by atoms with Crippen molar-refractivity contribution >= 4 is 11.3 Å². The van der Waals surface area contributed by atoms with Crippen LogP contribution in [0.5, 0.6) is 5.75 Å². The topological polar surface area (TPSA) is 76.6 Å². The Bertz CT molecular complexity index is 1130. The number of thiazole rings is 1. The van der Waals surface area contributed by atoms with Gasteiger partial charge in [0.1, 0.15) is 16.5 Å². The van der Waals surface area contributed by atoms with Crippen LogP contribution in [0.25, 0.3) is 21.8 Å². The summed E-state index contributed by atoms with van der Waals surface area (Å²) in [4.78, 5) is 5.59. The monoisotopic (exact) mass is 373 g/mol. The third kappa shape index (κ3) is 3.57. The largest absolute Gasteiger partial charge is 0.496 e. The Labute approximate surface area is 160 Å². The van der Waals surface area contributed by atoms with Crippen LogP contribution in [-0.4, -0.2) is 27.1 Å². The van der Waals surface area contributed by atoms with Crippen LogP contribution < -0.4 is 4.74 Å². The number of methoxy groups -OCH3 is 1. The molecular weight excluding hydrogens is 358 g/mol. The minimum Gasteiger partial charge on any atom is -0.496 e. The van der Waals surface area contributed by atoms with Gasteiger partial charge in [-0.1, -0.05) is 29.5 Å². The van der Waals surface area contributed by atoms with Crippen LogP contribution >= 0.6 is 11.3 Å². The summed E-state index contributed by atoms with van der Waals surface area (Å²) in [5.74, 6) is 0.804. The number of nitrogens with zero attached hydrogens (tertiary/aromatic N) is 5. The number of aromatic nitrogens is 4. The molecule has 6 nitrogen and oxygen atoms in total. The number of ether oxygens (including phenoxy) is 1. The summed E-state index contributed by atoms with van der Waals surface area (Å²) in [5, 5.41) is 18.4. The van der Waals surface area contributed by atoms with Gasteiger partial charge in [0.15, 0.2) is 0 Å². The number of para-hydroxylation sites is 1. The predicted molar refractivity (Wildman–Crippen MR) is 103 cm³/mol. The van der Waals surface area contributed by atoms with Crippen LogP contribution in [-0.2, 0) is 6.54 Å².